The van der Waals surface area contributed by atoms with E-state index in [9.17, 15) is 9.59 Å². The van der Waals surface area contributed by atoms with E-state index in [1.807, 2.05) is 4.40 Å². The monoisotopic (exact) mass is 1110 g/mol. The van der Waals surface area contributed by atoms with Gasteiger partial charge in [0.05, 0.1) is 0 Å². The first-order valence-corrected chi connectivity index (χ1v) is 8.48. The van der Waals surface area contributed by atoms with Crippen molar-refractivity contribution in [2.24, 2.45) is 5.92 Å². The van der Waals surface area contributed by atoms with Gasteiger partial charge in [0.1, 0.15) is 0 Å². The third-order valence-electron chi connectivity index (χ3n) is 0.993. The Morgan fingerprint density at radius 1 is 1.04 bits per heavy atom. The SMILES string of the molecule is [CH-]=C([C-]=O)/C=C\[CH]=[W].[CH-]=C/C=C(/[C-]=O)[CH]=[W].[CH2-]C([CH2-])[CH2-].[U].[Y].[Y].[Y]. The van der Waals surface area contributed by atoms with Gasteiger partial charge >= 0.3 is 118 Å². The minimum Gasteiger partial charge on any atom is -0.447 e. The zero-order chi connectivity index (χ0) is 16.4. The van der Waals surface area contributed by atoms with Gasteiger partial charge in [-0.25, -0.2) is 0 Å². The molecule has 24 heavy (non-hydrogen) atoms. The van der Waals surface area contributed by atoms with Gasteiger partial charge in [-0.1, -0.05) is 0 Å². The first-order valence-electron chi connectivity index (χ1n) is 5.09. The third kappa shape index (κ3) is 56.2. The molecule has 0 aromatic carbocycles. The molecule has 0 spiro atoms. The summed E-state index contributed by atoms with van der Waals surface area (Å²) in [7, 11) is 0. The van der Waals surface area contributed by atoms with Crippen LogP contribution in [0, 0.1) is 71.0 Å². The van der Waals surface area contributed by atoms with Crippen LogP contribution in [0.5, 0.6) is 0 Å². The Morgan fingerprint density at radius 2 is 1.46 bits per heavy atom. The fraction of sp³-hybridized carbons (Fsp3) is 0.0625. The van der Waals surface area contributed by atoms with Gasteiger partial charge in [-0.15, -0.1) is 0 Å². The van der Waals surface area contributed by atoms with E-state index in [0.717, 1.165) is 0 Å². The van der Waals surface area contributed by atoms with Crippen LogP contribution in [-0.4, -0.2) is 21.4 Å². The Hall–Kier alpha value is 3.78. The van der Waals surface area contributed by atoms with Crippen molar-refractivity contribution in [2.45, 2.75) is 0 Å². The Bertz CT molecular complexity index is 384. The van der Waals surface area contributed by atoms with Crippen molar-refractivity contribution in [1.29, 1.82) is 0 Å². The molecule has 0 heterocycles. The zero-order valence-electron chi connectivity index (χ0n) is 13.2. The van der Waals surface area contributed by atoms with Crippen molar-refractivity contribution < 1.29 is 178 Å². The number of hydrogen-bond acceptors (Lipinski definition) is 2. The Balaban J connectivity index is -0.0000000348. The molecule has 0 atom stereocenters. The maximum atomic E-state index is 9.84. The first-order chi connectivity index (χ1) is 9.39. The molecule has 0 aromatic heterocycles. The summed E-state index contributed by atoms with van der Waals surface area (Å²) in [6.45, 7) is 20.3. The summed E-state index contributed by atoms with van der Waals surface area (Å²) in [5.41, 5.74) is 0.657. The number of carbonyl (C=O) groups excluding carboxylic acids is 2. The molecule has 0 aliphatic carbocycles. The molecular formula is C16H15O2UW2Y3-7. The standard InChI is InChI=1S/2C6H4O.C4H7.U.2W.3Y/c2*1-3-4-6(2)5-7;1-4(2)3;;;;;;/h2*1-4H;4H,1-3H2;;;;;;/q2*-2;-3;;;;;;/b6-4+;4-3-;;;;;;;. The van der Waals surface area contributed by atoms with Gasteiger partial charge < -0.3 is 26.7 Å². The molecule has 3 radical (unpaired) electrons. The molecule has 0 N–H and O–H groups in total. The summed E-state index contributed by atoms with van der Waals surface area (Å²) in [5, 5.41) is 0. The third-order valence-corrected chi connectivity index (χ3v) is 2.47. The fourth-order valence-corrected chi connectivity index (χ4v) is 1.12. The molecule has 0 rings (SSSR count). The van der Waals surface area contributed by atoms with Gasteiger partial charge in [0, 0.05) is 129 Å². The van der Waals surface area contributed by atoms with Crippen LogP contribution in [0.15, 0.2) is 35.5 Å². The molecule has 0 aliphatic heterocycles. The van der Waals surface area contributed by atoms with Crippen molar-refractivity contribution in [3.63, 3.8) is 0 Å². The second-order valence-electron chi connectivity index (χ2n) is 2.95. The molecule has 0 fully saturated rings. The van der Waals surface area contributed by atoms with E-state index in [0.29, 0.717) is 5.57 Å². The van der Waals surface area contributed by atoms with Crippen LogP contribution in [0.4, 0.5) is 0 Å². The van der Waals surface area contributed by atoms with Crippen LogP contribution in [-0.2, 0) is 146 Å². The summed E-state index contributed by atoms with van der Waals surface area (Å²) in [6, 6.07) is 0. The normalized spacial score (nSPS) is 7.92. The van der Waals surface area contributed by atoms with Crippen LogP contribution in [0.2, 0.25) is 0 Å². The van der Waals surface area contributed by atoms with Gasteiger partial charge in [-0.05, 0) is 0 Å². The molecule has 8 heteroatoms. The average molecular weight is 1110 g/mol. The van der Waals surface area contributed by atoms with Crippen molar-refractivity contribution in [2.75, 3.05) is 0 Å². The van der Waals surface area contributed by atoms with E-state index in [1.165, 1.54) is 56.9 Å². The smallest absolute Gasteiger partial charge is 0 e. The van der Waals surface area contributed by atoms with Crippen LogP contribution in [0.25, 0.3) is 0 Å². The van der Waals surface area contributed by atoms with Crippen LogP contribution in [0.3, 0.4) is 0 Å². The van der Waals surface area contributed by atoms with Crippen molar-refractivity contribution in [1.82, 2.24) is 0 Å². The molecule has 0 amide bonds. The molecule has 0 saturated heterocycles. The van der Waals surface area contributed by atoms with Crippen molar-refractivity contribution in [3.8, 4) is 0 Å². The number of hydrogen-bond donors (Lipinski definition) is 0. The second-order valence-corrected chi connectivity index (χ2v) is 4.78. The predicted octanol–water partition coefficient (Wildman–Crippen LogP) is 1.82. The van der Waals surface area contributed by atoms with Gasteiger partial charge in [-0.3, -0.25) is 0 Å². The van der Waals surface area contributed by atoms with Gasteiger partial charge in [0.2, 0.25) is 0 Å². The molecule has 123 valence electrons. The first kappa shape index (κ1) is 46.1. The quantitative estimate of drug-likeness (QED) is 0.232. The maximum Gasteiger partial charge on any atom is 0 e. The zero-order valence-corrected chi connectivity index (χ0v) is 31.7. The van der Waals surface area contributed by atoms with E-state index in [-0.39, 0.29) is 141 Å². The summed E-state index contributed by atoms with van der Waals surface area (Å²) < 4.78 is 3.58. The van der Waals surface area contributed by atoms with E-state index in [1.54, 1.807) is 23.0 Å². The van der Waals surface area contributed by atoms with Gasteiger partial charge in [0.25, 0.3) is 0 Å². The van der Waals surface area contributed by atoms with Crippen molar-refractivity contribution in [3.05, 3.63) is 69.4 Å². The Kier molecular flexibility index (Phi) is 79.2. The fourth-order valence-electron chi connectivity index (χ4n) is 0.378. The van der Waals surface area contributed by atoms with Crippen LogP contribution < -0.4 is 0 Å². The molecule has 0 bridgehead atoms. The van der Waals surface area contributed by atoms with E-state index in [4.69, 9.17) is 13.2 Å². The molecule has 0 aromatic rings. The minimum absolute atomic E-state index is 0. The number of rotatable bonds is 6. The Morgan fingerprint density at radius 3 is 1.62 bits per heavy atom. The summed E-state index contributed by atoms with van der Waals surface area (Å²) in [5.74, 6) is 0.0833. The minimum atomic E-state index is 0. The molecule has 0 unspecified atom stereocenters. The molecule has 0 saturated carbocycles. The van der Waals surface area contributed by atoms with Crippen molar-refractivity contribution >= 4 is 21.4 Å². The van der Waals surface area contributed by atoms with Crippen LogP contribution in [0.1, 0.15) is 0 Å². The van der Waals surface area contributed by atoms with E-state index in [2.05, 4.69) is 20.8 Å². The molecular weight excluding hydrogens is 1100 g/mol. The second kappa shape index (κ2) is 41.2. The predicted molar refractivity (Wildman–Crippen MR) is 77.0 cm³/mol. The van der Waals surface area contributed by atoms with E-state index >= 15 is 0 Å². The summed E-state index contributed by atoms with van der Waals surface area (Å²) >= 11 is 2.55. The average Bonchev–Trinajstić information content (AvgIpc) is 2.42. The Labute approximate surface area is 268 Å². The maximum absolute atomic E-state index is 9.84. The molecule has 2 nitrogen and oxygen atoms in total. The van der Waals surface area contributed by atoms with Crippen LogP contribution >= 0.6 is 0 Å². The number of allylic oxidation sites excluding steroid dienone is 6. The molecule has 0 aliphatic rings. The van der Waals surface area contributed by atoms with Gasteiger partial charge in [0.15, 0.2) is 0 Å². The largest absolute Gasteiger partial charge is 0.447 e. The summed E-state index contributed by atoms with van der Waals surface area (Å²) in [4.78, 5) is 19.5. The summed E-state index contributed by atoms with van der Waals surface area (Å²) in [6.07, 6.45) is 9.33. The topological polar surface area (TPSA) is 34.1 Å². The van der Waals surface area contributed by atoms with Gasteiger partial charge in [-0.2, -0.15) is 0 Å². The van der Waals surface area contributed by atoms with E-state index < -0.39 is 0 Å².